The Morgan fingerprint density at radius 1 is 1.00 bits per heavy atom. The van der Waals surface area contributed by atoms with Crippen LogP contribution in [0.25, 0.3) is 0 Å². The van der Waals surface area contributed by atoms with Crippen molar-refractivity contribution in [1.29, 1.82) is 0 Å². The van der Waals surface area contributed by atoms with E-state index in [9.17, 15) is 14.7 Å². The zero-order valence-corrected chi connectivity index (χ0v) is 21.1. The zero-order chi connectivity index (χ0) is 24.0. The topological polar surface area (TPSA) is 85.3 Å². The first-order chi connectivity index (χ1) is 15.0. The summed E-state index contributed by atoms with van der Waals surface area (Å²) in [5.74, 6) is -1.66. The first-order valence-electron chi connectivity index (χ1n) is 12.4. The fourth-order valence-electron chi connectivity index (χ4n) is 5.43. The molecule has 0 aromatic rings. The second-order valence-corrected chi connectivity index (χ2v) is 10.2. The molecule has 2 heterocycles. The van der Waals surface area contributed by atoms with Crippen LogP contribution in [0.4, 0.5) is 0 Å². The third kappa shape index (κ3) is 7.16. The van der Waals surface area contributed by atoms with Crippen molar-refractivity contribution in [2.24, 2.45) is 17.8 Å². The van der Waals surface area contributed by atoms with Gasteiger partial charge in [-0.15, -0.1) is 0 Å². The highest BCUT2D eigenvalue weighted by molar-refractivity contribution is 5.70. The monoisotopic (exact) mass is 455 g/mol. The fraction of sp³-hybridized carbons (Fsp3) is 0.920. The van der Waals surface area contributed by atoms with Crippen LogP contribution >= 0.6 is 0 Å². The van der Waals surface area contributed by atoms with Crippen LogP contribution < -0.4 is 0 Å². The van der Waals surface area contributed by atoms with Gasteiger partial charge in [-0.2, -0.15) is 0 Å². The van der Waals surface area contributed by atoms with Crippen LogP contribution in [0.15, 0.2) is 0 Å². The summed E-state index contributed by atoms with van der Waals surface area (Å²) in [6.07, 6.45) is 6.39. The van der Waals surface area contributed by atoms with Gasteiger partial charge >= 0.3 is 11.9 Å². The highest BCUT2D eigenvalue weighted by atomic mass is 16.6. The number of ether oxygens (including phenoxy) is 3. The Labute approximate surface area is 194 Å². The summed E-state index contributed by atoms with van der Waals surface area (Å²) in [5, 5.41) is 9.31. The van der Waals surface area contributed by atoms with Crippen LogP contribution in [0.5, 0.6) is 0 Å². The van der Waals surface area contributed by atoms with Crippen LogP contribution in [0, 0.1) is 17.8 Å². The Bertz CT molecular complexity index is 611. The van der Waals surface area contributed by atoms with Crippen LogP contribution in [-0.2, 0) is 23.8 Å². The quantitative estimate of drug-likeness (QED) is 0.443. The number of carbonyl (C=O) groups is 2. The molecular weight excluding hydrogens is 410 g/mol. The van der Waals surface area contributed by atoms with Crippen molar-refractivity contribution in [3.05, 3.63) is 0 Å². The number of rotatable bonds is 12. The highest BCUT2D eigenvalue weighted by Gasteiger charge is 2.43. The molecule has 0 aliphatic carbocycles. The average molecular weight is 456 g/mol. The molecule has 0 aromatic carbocycles. The van der Waals surface area contributed by atoms with Gasteiger partial charge in [0.05, 0.1) is 30.3 Å². The highest BCUT2D eigenvalue weighted by Crippen LogP contribution is 2.38. The summed E-state index contributed by atoms with van der Waals surface area (Å²) in [7, 11) is 4.27. The normalized spacial score (nSPS) is 30.6. The van der Waals surface area contributed by atoms with Gasteiger partial charge in [0.15, 0.2) is 0 Å². The van der Waals surface area contributed by atoms with Crippen molar-refractivity contribution in [1.82, 2.24) is 4.90 Å². The summed E-state index contributed by atoms with van der Waals surface area (Å²) in [6, 6.07) is 0.516. The smallest absolute Gasteiger partial charge is 0.308 e. The molecule has 0 spiro atoms. The van der Waals surface area contributed by atoms with Crippen LogP contribution in [-0.4, -0.2) is 72.6 Å². The van der Waals surface area contributed by atoms with Crippen molar-refractivity contribution in [2.75, 3.05) is 14.1 Å². The Morgan fingerprint density at radius 3 is 2.09 bits per heavy atom. The molecule has 2 saturated heterocycles. The van der Waals surface area contributed by atoms with Gasteiger partial charge in [-0.1, -0.05) is 27.2 Å². The number of carboxylic acid groups (broad SMARTS) is 1. The second kappa shape index (κ2) is 12.3. The van der Waals surface area contributed by atoms with E-state index < -0.39 is 11.9 Å². The van der Waals surface area contributed by atoms with E-state index in [-0.39, 0.29) is 48.3 Å². The molecule has 2 rings (SSSR count). The van der Waals surface area contributed by atoms with E-state index in [4.69, 9.17) is 14.2 Å². The molecule has 9 atom stereocenters. The fourth-order valence-corrected chi connectivity index (χ4v) is 5.43. The van der Waals surface area contributed by atoms with E-state index in [1.807, 2.05) is 0 Å². The lowest BCUT2D eigenvalue weighted by molar-refractivity contribution is -0.162. The first kappa shape index (κ1) is 27.1. The van der Waals surface area contributed by atoms with Gasteiger partial charge in [0.1, 0.15) is 6.10 Å². The lowest BCUT2D eigenvalue weighted by Crippen LogP contribution is -2.42. The first-order valence-corrected chi connectivity index (χ1v) is 12.4. The van der Waals surface area contributed by atoms with Gasteiger partial charge < -0.3 is 24.2 Å². The molecule has 2 aliphatic heterocycles. The second-order valence-electron chi connectivity index (χ2n) is 10.2. The van der Waals surface area contributed by atoms with Gasteiger partial charge in [0.25, 0.3) is 0 Å². The molecule has 186 valence electrons. The van der Waals surface area contributed by atoms with Crippen LogP contribution in [0.2, 0.25) is 0 Å². The number of nitrogens with zero attached hydrogens (tertiary/aromatic N) is 1. The standard InChI is InChI=1S/C25H45NO6/c1-8-9-19(26(6)7)14-20-10-11-21(31-20)15(2)24(30-18(5)27)16(3)22-12-13-23(32-22)17(4)25(28)29/h15-17,19-24H,8-14H2,1-7H3,(H,28,29)/t15-,16-,17-,19-,20+,21-,22+,23-,24+/m1/s1. The van der Waals surface area contributed by atoms with E-state index >= 15 is 0 Å². The average Bonchev–Trinajstić information content (AvgIpc) is 3.39. The maximum atomic E-state index is 11.9. The van der Waals surface area contributed by atoms with Crippen LogP contribution in [0.1, 0.15) is 79.6 Å². The molecule has 0 aromatic heterocycles. The van der Waals surface area contributed by atoms with Gasteiger partial charge in [0.2, 0.25) is 0 Å². The Morgan fingerprint density at radius 2 is 1.56 bits per heavy atom. The predicted octanol–water partition coefficient (Wildman–Crippen LogP) is 4.13. The molecule has 0 saturated carbocycles. The molecule has 7 nitrogen and oxygen atoms in total. The third-order valence-electron chi connectivity index (χ3n) is 7.57. The maximum Gasteiger partial charge on any atom is 0.308 e. The lowest BCUT2D eigenvalue weighted by atomic mass is 9.84. The zero-order valence-electron chi connectivity index (χ0n) is 21.1. The molecule has 2 aliphatic rings. The number of carboxylic acids is 1. The van der Waals surface area contributed by atoms with Crippen molar-refractivity contribution in [3.63, 3.8) is 0 Å². The number of aliphatic carboxylic acids is 1. The van der Waals surface area contributed by atoms with Gasteiger partial charge in [-0.05, 0) is 59.5 Å². The molecule has 0 bridgehead atoms. The SMILES string of the molecule is CCC[C@H](C[C@@H]1CC[C@H]([C@@H](C)[C@H](OC(C)=O)[C@H](C)[C@@H]2CC[C@H]([C@@H](C)C(=O)O)O2)O1)N(C)C. The van der Waals surface area contributed by atoms with E-state index in [1.165, 1.54) is 6.92 Å². The van der Waals surface area contributed by atoms with Crippen molar-refractivity contribution in [3.8, 4) is 0 Å². The summed E-state index contributed by atoms with van der Waals surface area (Å²) in [6.45, 7) is 9.52. The molecule has 0 radical (unpaired) electrons. The van der Waals surface area contributed by atoms with E-state index in [0.29, 0.717) is 6.04 Å². The van der Waals surface area contributed by atoms with E-state index in [0.717, 1.165) is 44.9 Å². The minimum Gasteiger partial charge on any atom is -0.481 e. The largest absolute Gasteiger partial charge is 0.481 e. The predicted molar refractivity (Wildman–Crippen MR) is 123 cm³/mol. The number of hydrogen-bond acceptors (Lipinski definition) is 6. The summed E-state index contributed by atoms with van der Waals surface area (Å²) in [5.41, 5.74) is 0. The summed E-state index contributed by atoms with van der Waals surface area (Å²) >= 11 is 0. The minimum atomic E-state index is -0.835. The van der Waals surface area contributed by atoms with Crippen molar-refractivity contribution >= 4 is 11.9 Å². The molecule has 0 amide bonds. The third-order valence-corrected chi connectivity index (χ3v) is 7.57. The van der Waals surface area contributed by atoms with Crippen LogP contribution in [0.3, 0.4) is 0 Å². The van der Waals surface area contributed by atoms with Gasteiger partial charge in [-0.3, -0.25) is 9.59 Å². The van der Waals surface area contributed by atoms with E-state index in [2.05, 4.69) is 39.8 Å². The van der Waals surface area contributed by atoms with Crippen molar-refractivity contribution < 1.29 is 28.9 Å². The Kier molecular flexibility index (Phi) is 10.4. The summed E-state index contributed by atoms with van der Waals surface area (Å²) < 4.78 is 18.4. The number of hydrogen-bond donors (Lipinski definition) is 1. The number of carbonyl (C=O) groups excluding carboxylic acids is 1. The summed E-state index contributed by atoms with van der Waals surface area (Å²) in [4.78, 5) is 25.6. The minimum absolute atomic E-state index is 0.0304. The molecule has 32 heavy (non-hydrogen) atoms. The molecular formula is C25H45NO6. The molecule has 1 N–H and O–H groups in total. The molecule has 2 fully saturated rings. The Hall–Kier alpha value is -1.18. The van der Waals surface area contributed by atoms with E-state index in [1.54, 1.807) is 6.92 Å². The lowest BCUT2D eigenvalue weighted by Gasteiger charge is -2.35. The van der Waals surface area contributed by atoms with Gasteiger partial charge in [0, 0.05) is 24.8 Å². The molecule has 7 heteroatoms. The number of esters is 1. The Balaban J connectivity index is 2.01. The van der Waals surface area contributed by atoms with Gasteiger partial charge in [-0.25, -0.2) is 0 Å². The molecule has 0 unspecified atom stereocenters. The van der Waals surface area contributed by atoms with Crippen molar-refractivity contribution in [2.45, 2.75) is 116 Å². The maximum absolute atomic E-state index is 11.9.